The highest BCUT2D eigenvalue weighted by molar-refractivity contribution is 6.09. The molecule has 1 amide bonds. The summed E-state index contributed by atoms with van der Waals surface area (Å²) in [6.45, 7) is 0.777. The molecule has 1 atom stereocenters. The number of halogens is 3. The summed E-state index contributed by atoms with van der Waals surface area (Å²) in [5, 5.41) is 0. The maximum atomic E-state index is 14.2. The van der Waals surface area contributed by atoms with Gasteiger partial charge in [0.25, 0.3) is 5.91 Å². The van der Waals surface area contributed by atoms with Crippen LogP contribution in [0.2, 0.25) is 0 Å². The van der Waals surface area contributed by atoms with Crippen molar-refractivity contribution in [2.24, 2.45) is 10.7 Å². The van der Waals surface area contributed by atoms with Crippen molar-refractivity contribution in [2.75, 3.05) is 13.7 Å². The average Bonchev–Trinajstić information content (AvgIpc) is 2.93. The van der Waals surface area contributed by atoms with Gasteiger partial charge in [0, 0.05) is 7.05 Å². The van der Waals surface area contributed by atoms with Gasteiger partial charge in [0.15, 0.2) is 23.1 Å². The minimum Gasteiger partial charge on any atom is -0.491 e. The monoisotopic (exact) mass is 421 g/mol. The number of hydrogen-bond acceptors (Lipinski definition) is 5. The van der Waals surface area contributed by atoms with Gasteiger partial charge in [-0.2, -0.15) is 8.78 Å². The summed E-state index contributed by atoms with van der Waals surface area (Å²) in [7, 11) is 1.47. The van der Waals surface area contributed by atoms with Gasteiger partial charge in [-0.05, 0) is 54.3 Å². The van der Waals surface area contributed by atoms with Gasteiger partial charge in [0.2, 0.25) is 0 Å². The first-order valence-corrected chi connectivity index (χ1v) is 9.33. The first kappa shape index (κ1) is 21.5. The number of likely N-dealkylation sites (N-methyl/N-ethyl adjacent to an activating group) is 1. The van der Waals surface area contributed by atoms with Crippen LogP contribution in [0.3, 0.4) is 0 Å². The molecule has 9 heteroatoms. The minimum absolute atomic E-state index is 0.0146. The number of carbonyl (C=O) groups excluding carboxylic acids is 1. The molecular weight excluding hydrogens is 399 g/mol. The minimum atomic E-state index is -2.98. The van der Waals surface area contributed by atoms with Crippen molar-refractivity contribution in [2.45, 2.75) is 32.4 Å². The average molecular weight is 421 g/mol. The number of aliphatic imine (C=N–C) groups is 1. The van der Waals surface area contributed by atoms with Crippen LogP contribution in [0.1, 0.15) is 30.0 Å². The quantitative estimate of drug-likeness (QED) is 0.742. The van der Waals surface area contributed by atoms with Crippen molar-refractivity contribution in [1.82, 2.24) is 4.90 Å². The molecule has 1 aliphatic heterocycles. The number of nitrogens with zero attached hydrogens (tertiary/aromatic N) is 2. The summed E-state index contributed by atoms with van der Waals surface area (Å²) >= 11 is 0. The molecule has 0 saturated carbocycles. The molecule has 3 rings (SSSR count). The van der Waals surface area contributed by atoms with Crippen LogP contribution in [0.5, 0.6) is 11.5 Å². The molecule has 0 radical (unpaired) electrons. The highest BCUT2D eigenvalue weighted by Gasteiger charge is 2.50. The van der Waals surface area contributed by atoms with Crippen LogP contribution in [-0.4, -0.2) is 37.0 Å². The molecule has 1 heterocycles. The molecule has 2 N–H and O–H groups in total. The zero-order valence-corrected chi connectivity index (χ0v) is 16.8. The van der Waals surface area contributed by atoms with Gasteiger partial charge in [-0.1, -0.05) is 19.1 Å². The zero-order chi connectivity index (χ0) is 22.1. The fraction of sp³-hybridized carbons (Fsp3) is 0.333. The Bertz CT molecular complexity index is 997. The Morgan fingerprint density at radius 2 is 1.83 bits per heavy atom. The van der Waals surface area contributed by atoms with Crippen LogP contribution in [0.25, 0.3) is 0 Å². The lowest BCUT2D eigenvalue weighted by Crippen LogP contribution is -2.41. The molecule has 30 heavy (non-hydrogen) atoms. The van der Waals surface area contributed by atoms with E-state index >= 15 is 0 Å². The lowest BCUT2D eigenvalue weighted by Gasteiger charge is -2.27. The number of alkyl halides is 2. The molecule has 0 bridgehead atoms. The number of carbonyl (C=O) groups is 1. The van der Waals surface area contributed by atoms with Gasteiger partial charge in [-0.15, -0.1) is 0 Å². The maximum absolute atomic E-state index is 14.2. The van der Waals surface area contributed by atoms with E-state index in [1.54, 1.807) is 6.92 Å². The van der Waals surface area contributed by atoms with Gasteiger partial charge >= 0.3 is 6.61 Å². The van der Waals surface area contributed by atoms with E-state index in [4.69, 9.17) is 10.5 Å². The number of amides is 1. The predicted octanol–water partition coefficient (Wildman–Crippen LogP) is 3.55. The Hall–Kier alpha value is -3.23. The number of hydrogen-bond donors (Lipinski definition) is 1. The Morgan fingerprint density at radius 1 is 1.17 bits per heavy atom. The predicted molar refractivity (Wildman–Crippen MR) is 105 cm³/mol. The van der Waals surface area contributed by atoms with E-state index in [1.165, 1.54) is 48.3 Å². The summed E-state index contributed by atoms with van der Waals surface area (Å²) < 4.78 is 49.4. The van der Waals surface area contributed by atoms with Crippen molar-refractivity contribution < 1.29 is 27.4 Å². The van der Waals surface area contributed by atoms with E-state index in [1.807, 2.05) is 6.92 Å². The molecule has 2 aromatic rings. The zero-order valence-electron chi connectivity index (χ0n) is 16.8. The summed E-state index contributed by atoms with van der Waals surface area (Å²) in [5.41, 5.74) is 5.43. The molecular formula is C21H22F3N3O3. The smallest absolute Gasteiger partial charge is 0.387 e. The molecule has 0 fully saturated rings. The molecule has 2 aromatic carbocycles. The number of benzene rings is 2. The standard InChI is InChI=1S/C21H22F3N3O3/c1-4-9-29-17-11-14(5-7-15(17)22)21(18(28)27(3)20(25)26-21)13-6-8-16(12(2)10-13)30-19(23)24/h5-8,10-11,19H,4,9H2,1-3H3,(H2,25,26)/t21-/m0/s1. The number of nitrogens with two attached hydrogens (primary N) is 1. The molecule has 0 spiro atoms. The van der Waals surface area contributed by atoms with Crippen LogP contribution < -0.4 is 15.2 Å². The summed E-state index contributed by atoms with van der Waals surface area (Å²) in [4.78, 5) is 18.9. The Balaban J connectivity index is 2.18. The van der Waals surface area contributed by atoms with Crippen molar-refractivity contribution in [1.29, 1.82) is 0 Å². The first-order chi connectivity index (χ1) is 14.2. The Kier molecular flexibility index (Phi) is 5.91. The highest BCUT2D eigenvalue weighted by atomic mass is 19.3. The summed E-state index contributed by atoms with van der Waals surface area (Å²) in [6.07, 6.45) is 0.673. The summed E-state index contributed by atoms with van der Waals surface area (Å²) in [5.74, 6) is -1.10. The van der Waals surface area contributed by atoms with E-state index in [9.17, 15) is 18.0 Å². The molecule has 0 aromatic heterocycles. The second-order valence-electron chi connectivity index (χ2n) is 6.90. The topological polar surface area (TPSA) is 77.2 Å². The number of aryl methyl sites for hydroxylation is 1. The van der Waals surface area contributed by atoms with Gasteiger partial charge in [0.05, 0.1) is 6.61 Å². The van der Waals surface area contributed by atoms with E-state index in [0.717, 1.165) is 0 Å². The van der Waals surface area contributed by atoms with E-state index in [0.29, 0.717) is 29.7 Å². The van der Waals surface area contributed by atoms with Gasteiger partial charge < -0.3 is 15.2 Å². The molecule has 160 valence electrons. The van der Waals surface area contributed by atoms with E-state index in [-0.39, 0.29) is 17.5 Å². The fourth-order valence-electron chi connectivity index (χ4n) is 3.34. The molecule has 6 nitrogen and oxygen atoms in total. The number of rotatable bonds is 7. The van der Waals surface area contributed by atoms with Crippen LogP contribution >= 0.6 is 0 Å². The van der Waals surface area contributed by atoms with Gasteiger partial charge in [-0.3, -0.25) is 9.69 Å². The maximum Gasteiger partial charge on any atom is 0.387 e. The lowest BCUT2D eigenvalue weighted by atomic mass is 9.82. The van der Waals surface area contributed by atoms with Gasteiger partial charge in [0.1, 0.15) is 5.75 Å². The second-order valence-corrected chi connectivity index (χ2v) is 6.90. The van der Waals surface area contributed by atoms with Crippen LogP contribution in [0.4, 0.5) is 13.2 Å². The van der Waals surface area contributed by atoms with Crippen LogP contribution in [-0.2, 0) is 10.3 Å². The van der Waals surface area contributed by atoms with Crippen molar-refractivity contribution in [3.8, 4) is 11.5 Å². The van der Waals surface area contributed by atoms with Crippen molar-refractivity contribution in [3.63, 3.8) is 0 Å². The Labute approximate surface area is 172 Å². The van der Waals surface area contributed by atoms with Crippen molar-refractivity contribution in [3.05, 3.63) is 58.9 Å². The summed E-state index contributed by atoms with van der Waals surface area (Å²) in [6, 6.07) is 8.38. The third kappa shape index (κ3) is 3.67. The first-order valence-electron chi connectivity index (χ1n) is 9.33. The number of guanidine groups is 1. The number of ether oxygens (including phenoxy) is 2. The third-order valence-electron chi connectivity index (χ3n) is 4.86. The van der Waals surface area contributed by atoms with E-state index < -0.39 is 23.9 Å². The lowest BCUT2D eigenvalue weighted by molar-refractivity contribution is -0.129. The normalized spacial score (nSPS) is 18.7. The third-order valence-corrected chi connectivity index (χ3v) is 4.86. The SMILES string of the molecule is CCCOc1cc([C@]2(c3ccc(OC(F)F)c(C)c3)N=C(N)N(C)C2=O)ccc1F. The molecule has 1 aliphatic rings. The largest absolute Gasteiger partial charge is 0.491 e. The van der Waals surface area contributed by atoms with Crippen LogP contribution in [0.15, 0.2) is 41.4 Å². The Morgan fingerprint density at radius 3 is 2.40 bits per heavy atom. The molecule has 0 saturated heterocycles. The van der Waals surface area contributed by atoms with Gasteiger partial charge in [-0.25, -0.2) is 9.38 Å². The molecule has 0 aliphatic carbocycles. The highest BCUT2D eigenvalue weighted by Crippen LogP contribution is 2.42. The fourth-order valence-corrected chi connectivity index (χ4v) is 3.34. The molecule has 0 unspecified atom stereocenters. The second kappa shape index (κ2) is 8.25. The van der Waals surface area contributed by atoms with Crippen LogP contribution in [0, 0.1) is 12.7 Å². The van der Waals surface area contributed by atoms with Crippen molar-refractivity contribution >= 4 is 11.9 Å². The van der Waals surface area contributed by atoms with E-state index in [2.05, 4.69) is 9.73 Å².